The van der Waals surface area contributed by atoms with Gasteiger partial charge in [0.1, 0.15) is 40.5 Å². The molecule has 3 aromatic carbocycles. The molecule has 3 aliphatic heterocycles. The van der Waals surface area contributed by atoms with Crippen molar-refractivity contribution in [2.45, 2.75) is 89.0 Å². The Labute approximate surface area is 354 Å². The largest absolute Gasteiger partial charge is 0.616 e. The van der Waals surface area contributed by atoms with Crippen molar-refractivity contribution in [2.24, 2.45) is 0 Å². The van der Waals surface area contributed by atoms with Crippen LogP contribution in [-0.4, -0.2) is 68.0 Å². The number of hydrogen-bond donors (Lipinski definition) is 1. The molecule has 0 bridgehead atoms. The summed E-state index contributed by atoms with van der Waals surface area (Å²) in [6.07, 6.45) is 8.32. The van der Waals surface area contributed by atoms with Gasteiger partial charge < -0.3 is 28.8 Å². The number of halogens is 1. The maximum absolute atomic E-state index is 13.0. The first-order chi connectivity index (χ1) is 28.0. The van der Waals surface area contributed by atoms with E-state index in [2.05, 4.69) is 35.1 Å². The summed E-state index contributed by atoms with van der Waals surface area (Å²) < 4.78 is 33.9. The number of benzene rings is 3. The molecule has 0 saturated carbocycles. The molecule has 58 heavy (non-hydrogen) atoms. The first kappa shape index (κ1) is 44.6. The van der Waals surface area contributed by atoms with E-state index in [4.69, 9.17) is 18.9 Å². The van der Waals surface area contributed by atoms with Crippen LogP contribution in [0.5, 0.6) is 17.2 Å². The SMILES string of the molecule is CC1=C(C(=O)OCc2ccc([N+](=O)[O-])cc2)N2C(=O)C(NC(=O)COc3ccccc3)[C@H]2S/C1=C\Br.CCCCCCCC[S+]([O-])C(C)Cc1ccc2c(c1)OCO2. The van der Waals surface area contributed by atoms with Crippen LogP contribution in [0.3, 0.4) is 0 Å². The van der Waals surface area contributed by atoms with Crippen molar-refractivity contribution in [3.8, 4) is 17.2 Å². The number of thioether (sulfide) groups is 1. The number of fused-ring (bicyclic) bond motifs is 2. The van der Waals surface area contributed by atoms with E-state index in [-0.39, 0.29) is 29.8 Å². The van der Waals surface area contributed by atoms with Gasteiger partial charge in [0, 0.05) is 23.5 Å². The summed E-state index contributed by atoms with van der Waals surface area (Å²) in [5.74, 6) is 1.37. The molecule has 2 amide bonds. The number of nitrogens with one attached hydrogen (secondary N) is 1. The van der Waals surface area contributed by atoms with Gasteiger partial charge in [0.2, 0.25) is 6.79 Å². The number of esters is 1. The Balaban J connectivity index is 0.000000249. The topological polar surface area (TPSA) is 170 Å². The maximum Gasteiger partial charge on any atom is 0.355 e. The van der Waals surface area contributed by atoms with Gasteiger partial charge in [-0.2, -0.15) is 0 Å². The van der Waals surface area contributed by atoms with Crippen LogP contribution in [0.1, 0.15) is 70.4 Å². The normalized spacial score (nSPS) is 18.3. The van der Waals surface area contributed by atoms with E-state index in [1.807, 2.05) is 24.3 Å². The second kappa shape index (κ2) is 22.0. The van der Waals surface area contributed by atoms with Gasteiger partial charge >= 0.3 is 5.97 Å². The number of allylic oxidation sites excluding steroid dienone is 1. The lowest BCUT2D eigenvalue weighted by molar-refractivity contribution is -0.384. The molecule has 0 aromatic heterocycles. The number of unbranched alkanes of at least 4 members (excludes halogenated alkanes) is 5. The van der Waals surface area contributed by atoms with Gasteiger partial charge in [-0.3, -0.25) is 24.6 Å². The van der Waals surface area contributed by atoms with Crippen molar-refractivity contribution < 1.29 is 42.8 Å². The fourth-order valence-electron chi connectivity index (χ4n) is 6.36. The van der Waals surface area contributed by atoms with E-state index in [1.54, 1.807) is 36.2 Å². The summed E-state index contributed by atoms with van der Waals surface area (Å²) in [4.78, 5) is 52.3. The lowest BCUT2D eigenvalue weighted by Crippen LogP contribution is -2.70. The van der Waals surface area contributed by atoms with E-state index in [9.17, 15) is 29.1 Å². The number of nitrogens with zero attached hydrogens (tertiary/aromatic N) is 2. The minimum Gasteiger partial charge on any atom is -0.616 e. The molecule has 0 aliphatic carbocycles. The predicted octanol–water partition coefficient (Wildman–Crippen LogP) is 8.08. The Kier molecular flexibility index (Phi) is 16.9. The molecule has 3 aliphatic rings. The van der Waals surface area contributed by atoms with Crippen LogP contribution in [0.15, 0.2) is 94.0 Å². The van der Waals surface area contributed by atoms with Gasteiger partial charge in [-0.25, -0.2) is 4.79 Å². The smallest absolute Gasteiger partial charge is 0.355 e. The molecule has 6 rings (SSSR count). The van der Waals surface area contributed by atoms with Crippen LogP contribution in [0, 0.1) is 10.1 Å². The van der Waals surface area contributed by atoms with Gasteiger partial charge in [0.15, 0.2) is 18.1 Å². The standard InChI is InChI=1S/C24H20BrN3O7S.C18H28O3S/c1-14-18(11-25)36-23-20(26-19(29)13-34-17-5-3-2-4-6-17)22(30)27(23)21(14)24(31)35-12-15-7-9-16(10-8-15)28(32)33;1-3-4-5-6-7-8-11-22(19)15(2)12-16-9-10-17-18(13-16)21-14-20-17/h2-11,20,23H,12-13H2,1H3,(H,26,29);9-10,13,15H,3-8,11-12,14H2,1-2H3/b18-11-;/t20?,23-;/m1./s1. The molecule has 1 saturated heterocycles. The minimum atomic E-state index is -0.838. The highest BCUT2D eigenvalue weighted by Gasteiger charge is 2.55. The number of β-lactam (4-membered cyclic amide) rings is 1. The van der Waals surface area contributed by atoms with Gasteiger partial charge in [-0.1, -0.05) is 95.7 Å². The average molecular weight is 899 g/mol. The predicted molar refractivity (Wildman–Crippen MR) is 227 cm³/mol. The van der Waals surface area contributed by atoms with Crippen LogP contribution >= 0.6 is 27.7 Å². The van der Waals surface area contributed by atoms with Crippen molar-refractivity contribution in [1.82, 2.24) is 10.2 Å². The Bertz CT molecular complexity index is 1960. The third-order valence-electron chi connectivity index (χ3n) is 9.60. The zero-order chi connectivity index (χ0) is 41.6. The quantitative estimate of drug-likeness (QED) is 0.0327. The first-order valence-corrected chi connectivity index (χ1v) is 22.3. The molecule has 3 aromatic rings. The van der Waals surface area contributed by atoms with Crippen molar-refractivity contribution in [3.05, 3.63) is 115 Å². The first-order valence-electron chi connectivity index (χ1n) is 19.1. The third kappa shape index (κ3) is 12.0. The van der Waals surface area contributed by atoms with Crippen LogP contribution in [-0.2, 0) is 43.3 Å². The van der Waals surface area contributed by atoms with Crippen molar-refractivity contribution in [1.29, 1.82) is 0 Å². The summed E-state index contributed by atoms with van der Waals surface area (Å²) in [5, 5.41) is 13.1. The summed E-state index contributed by atoms with van der Waals surface area (Å²) >= 11 is 3.88. The van der Waals surface area contributed by atoms with E-state index in [1.165, 1.54) is 78.6 Å². The molecule has 3 unspecified atom stereocenters. The molecule has 13 nitrogen and oxygen atoms in total. The lowest BCUT2D eigenvalue weighted by Gasteiger charge is -2.49. The summed E-state index contributed by atoms with van der Waals surface area (Å²) in [6, 6.07) is 19.6. The summed E-state index contributed by atoms with van der Waals surface area (Å²) in [7, 11) is 0. The van der Waals surface area contributed by atoms with Crippen molar-refractivity contribution >= 4 is 62.3 Å². The molecular weight excluding hydrogens is 851 g/mol. The second-order valence-electron chi connectivity index (χ2n) is 13.9. The summed E-state index contributed by atoms with van der Waals surface area (Å²) in [6.45, 7) is 5.93. The van der Waals surface area contributed by atoms with E-state index in [0.29, 0.717) is 28.6 Å². The third-order valence-corrected chi connectivity index (χ3v) is 13.5. The number of carbonyl (C=O) groups excluding carboxylic acids is 3. The summed E-state index contributed by atoms with van der Waals surface area (Å²) in [5.41, 5.74) is 2.29. The highest BCUT2D eigenvalue weighted by Crippen LogP contribution is 2.47. The van der Waals surface area contributed by atoms with E-state index >= 15 is 0 Å². The number of carbonyl (C=O) groups is 3. The number of amides is 2. The zero-order valence-electron chi connectivity index (χ0n) is 32.7. The van der Waals surface area contributed by atoms with Crippen LogP contribution in [0.4, 0.5) is 5.69 Å². The number of para-hydroxylation sites is 1. The number of hydrogen-bond acceptors (Lipinski definition) is 11. The van der Waals surface area contributed by atoms with E-state index in [0.717, 1.165) is 30.1 Å². The van der Waals surface area contributed by atoms with Gasteiger partial charge in [-0.15, -0.1) is 0 Å². The monoisotopic (exact) mass is 897 g/mol. The second-order valence-corrected chi connectivity index (χ2v) is 17.5. The van der Waals surface area contributed by atoms with Crippen molar-refractivity contribution in [3.63, 3.8) is 0 Å². The van der Waals surface area contributed by atoms with Gasteiger partial charge in [0.05, 0.1) is 4.92 Å². The maximum atomic E-state index is 13.0. The van der Waals surface area contributed by atoms with Crippen LogP contribution < -0.4 is 19.5 Å². The Morgan fingerprint density at radius 3 is 2.43 bits per heavy atom. The number of nitro groups is 1. The number of nitro benzene ring substituents is 1. The van der Waals surface area contributed by atoms with Crippen LogP contribution in [0.25, 0.3) is 0 Å². The van der Waals surface area contributed by atoms with E-state index < -0.39 is 45.3 Å². The fraction of sp³-hybridized carbons (Fsp3) is 0.405. The minimum absolute atomic E-state index is 0.0729. The van der Waals surface area contributed by atoms with Crippen LogP contribution in [0.2, 0.25) is 0 Å². The lowest BCUT2D eigenvalue weighted by atomic mass is 10.0. The van der Waals surface area contributed by atoms with Crippen molar-refractivity contribution in [2.75, 3.05) is 19.2 Å². The zero-order valence-corrected chi connectivity index (χ0v) is 35.9. The molecule has 16 heteroatoms. The number of non-ortho nitro benzene ring substituents is 1. The Morgan fingerprint density at radius 1 is 1.03 bits per heavy atom. The molecule has 1 fully saturated rings. The molecule has 4 atom stereocenters. The average Bonchev–Trinajstić information content (AvgIpc) is 3.71. The molecule has 3 heterocycles. The number of ether oxygens (including phenoxy) is 4. The molecule has 0 spiro atoms. The Hall–Kier alpha value is -4.51. The highest BCUT2D eigenvalue weighted by molar-refractivity contribution is 9.11. The van der Waals surface area contributed by atoms with Gasteiger partial charge in [-0.05, 0) is 84.8 Å². The number of rotatable bonds is 18. The fourth-order valence-corrected chi connectivity index (χ4v) is 9.52. The molecule has 0 radical (unpaired) electrons. The molecule has 1 N–H and O–H groups in total. The molecular formula is C42H48BrN3O10S2. The van der Waals surface area contributed by atoms with Gasteiger partial charge in [0.25, 0.3) is 17.5 Å². The highest BCUT2D eigenvalue weighted by atomic mass is 79.9. The Morgan fingerprint density at radius 2 is 1.72 bits per heavy atom. The molecule has 310 valence electrons.